The molecule has 1 aromatic carbocycles. The highest BCUT2D eigenvalue weighted by Gasteiger charge is 2.17. The van der Waals surface area contributed by atoms with E-state index in [0.717, 1.165) is 5.92 Å². The number of benzene rings is 1. The lowest BCUT2D eigenvalue weighted by Crippen LogP contribution is -2.32. The molecule has 1 aromatic rings. The van der Waals surface area contributed by atoms with Gasteiger partial charge in [-0.05, 0) is 56.5 Å². The maximum atomic E-state index is 3.16. The summed E-state index contributed by atoms with van der Waals surface area (Å²) >= 11 is 0. The van der Waals surface area contributed by atoms with Gasteiger partial charge in [0.25, 0.3) is 0 Å². The van der Waals surface area contributed by atoms with Crippen molar-refractivity contribution in [1.29, 1.82) is 0 Å². The molecule has 16 heavy (non-hydrogen) atoms. The molecular weight excluding hydrogens is 196 g/mol. The van der Waals surface area contributed by atoms with Crippen molar-refractivity contribution >= 4 is 5.69 Å². The first-order chi connectivity index (χ1) is 7.78. The maximum absolute atomic E-state index is 3.16. The van der Waals surface area contributed by atoms with Crippen molar-refractivity contribution in [2.24, 2.45) is 5.92 Å². The van der Waals surface area contributed by atoms with Gasteiger partial charge in [-0.25, -0.2) is 0 Å². The molecule has 2 heteroatoms. The molecule has 88 valence electrons. The molecule has 0 aliphatic carbocycles. The molecule has 1 saturated heterocycles. The van der Waals surface area contributed by atoms with E-state index in [9.17, 15) is 0 Å². The van der Waals surface area contributed by atoms with Crippen LogP contribution in [0.4, 0.5) is 5.69 Å². The van der Waals surface area contributed by atoms with E-state index in [1.165, 1.54) is 43.6 Å². The fourth-order valence-electron chi connectivity index (χ4n) is 2.58. The Balaban J connectivity index is 1.92. The van der Waals surface area contributed by atoms with Crippen molar-refractivity contribution in [3.8, 4) is 0 Å². The quantitative estimate of drug-likeness (QED) is 0.839. The Morgan fingerprint density at radius 1 is 1.31 bits per heavy atom. The average molecular weight is 218 g/mol. The molecule has 1 heterocycles. The largest absolute Gasteiger partial charge is 0.388 e. The van der Waals surface area contributed by atoms with Crippen LogP contribution < -0.4 is 5.32 Å². The molecule has 0 aromatic heterocycles. The smallest absolute Gasteiger partial charge is 0.0337 e. The number of nitrogens with one attached hydrogen (secondary N) is 1. The number of anilines is 1. The first kappa shape index (κ1) is 11.5. The second-order valence-corrected chi connectivity index (χ2v) is 4.92. The summed E-state index contributed by atoms with van der Waals surface area (Å²) in [6, 6.07) is 8.84. The van der Waals surface area contributed by atoms with Crippen molar-refractivity contribution < 1.29 is 0 Å². The molecule has 0 spiro atoms. The minimum atomic E-state index is 0.846. The van der Waals surface area contributed by atoms with E-state index in [2.05, 4.69) is 41.5 Å². The summed E-state index contributed by atoms with van der Waals surface area (Å²) in [5.41, 5.74) is 2.67. The third-order valence-corrected chi connectivity index (χ3v) is 3.49. The Hall–Kier alpha value is -1.02. The molecule has 0 radical (unpaired) electrons. The minimum Gasteiger partial charge on any atom is -0.388 e. The molecule has 0 saturated carbocycles. The highest BCUT2D eigenvalue weighted by atomic mass is 15.1. The average Bonchev–Trinajstić information content (AvgIpc) is 2.30. The maximum Gasteiger partial charge on any atom is 0.0337 e. The van der Waals surface area contributed by atoms with Crippen LogP contribution in [0.25, 0.3) is 0 Å². The van der Waals surface area contributed by atoms with Gasteiger partial charge < -0.3 is 10.2 Å². The van der Waals surface area contributed by atoms with Crippen molar-refractivity contribution in [2.45, 2.75) is 19.3 Å². The summed E-state index contributed by atoms with van der Waals surface area (Å²) in [6.07, 6.45) is 3.97. The zero-order chi connectivity index (χ0) is 11.4. The normalized spacial score (nSPS) is 22.0. The monoisotopic (exact) mass is 218 g/mol. The number of rotatable bonds is 3. The van der Waals surface area contributed by atoms with Crippen molar-refractivity contribution in [3.05, 3.63) is 29.8 Å². The first-order valence-corrected chi connectivity index (χ1v) is 6.23. The van der Waals surface area contributed by atoms with Crippen LogP contribution in [0.15, 0.2) is 24.3 Å². The Morgan fingerprint density at radius 3 is 2.69 bits per heavy atom. The molecule has 0 bridgehead atoms. The van der Waals surface area contributed by atoms with Gasteiger partial charge in [0.05, 0.1) is 0 Å². The number of likely N-dealkylation sites (tertiary alicyclic amines) is 1. The molecule has 1 fully saturated rings. The van der Waals surface area contributed by atoms with E-state index in [4.69, 9.17) is 0 Å². The van der Waals surface area contributed by atoms with Gasteiger partial charge in [-0.1, -0.05) is 12.1 Å². The lowest BCUT2D eigenvalue weighted by Gasteiger charge is -2.29. The van der Waals surface area contributed by atoms with E-state index >= 15 is 0 Å². The van der Waals surface area contributed by atoms with Crippen LogP contribution in [0.2, 0.25) is 0 Å². The number of nitrogens with zero attached hydrogens (tertiary/aromatic N) is 1. The third kappa shape index (κ3) is 2.99. The number of piperidine rings is 1. The van der Waals surface area contributed by atoms with Gasteiger partial charge in [0.2, 0.25) is 0 Å². The van der Waals surface area contributed by atoms with Crippen molar-refractivity contribution in [1.82, 2.24) is 4.90 Å². The topological polar surface area (TPSA) is 15.3 Å². The molecule has 0 amide bonds. The van der Waals surface area contributed by atoms with Gasteiger partial charge in [-0.15, -0.1) is 0 Å². The molecule has 2 nitrogen and oxygen atoms in total. The van der Waals surface area contributed by atoms with Gasteiger partial charge >= 0.3 is 0 Å². The third-order valence-electron chi connectivity index (χ3n) is 3.49. The molecule has 1 aliphatic rings. The highest BCUT2D eigenvalue weighted by molar-refractivity contribution is 5.43. The Morgan fingerprint density at radius 2 is 2.06 bits per heavy atom. The predicted molar refractivity (Wildman–Crippen MR) is 69.9 cm³/mol. The summed E-state index contributed by atoms with van der Waals surface area (Å²) in [6.45, 7) is 2.53. The SMILES string of the molecule is CNc1ccc(CC2CCCN(C)C2)cc1. The van der Waals surface area contributed by atoms with E-state index in [1.807, 2.05) is 7.05 Å². The summed E-state index contributed by atoms with van der Waals surface area (Å²) < 4.78 is 0. The first-order valence-electron chi connectivity index (χ1n) is 6.23. The van der Waals surface area contributed by atoms with E-state index < -0.39 is 0 Å². The van der Waals surface area contributed by atoms with Crippen LogP contribution in [0.5, 0.6) is 0 Å². The van der Waals surface area contributed by atoms with Gasteiger partial charge in [0.15, 0.2) is 0 Å². The van der Waals surface area contributed by atoms with Crippen LogP contribution in [-0.4, -0.2) is 32.1 Å². The summed E-state index contributed by atoms with van der Waals surface area (Å²) in [5.74, 6) is 0.846. The summed E-state index contributed by atoms with van der Waals surface area (Å²) in [4.78, 5) is 2.45. The number of hydrogen-bond acceptors (Lipinski definition) is 2. The standard InChI is InChI=1S/C14H22N2/c1-15-14-7-5-12(6-8-14)10-13-4-3-9-16(2)11-13/h5-8,13,15H,3-4,9-11H2,1-2H3. The Kier molecular flexibility index (Phi) is 3.83. The van der Waals surface area contributed by atoms with Crippen LogP contribution in [0.3, 0.4) is 0 Å². The zero-order valence-corrected chi connectivity index (χ0v) is 10.4. The van der Waals surface area contributed by atoms with Gasteiger partial charge in [0.1, 0.15) is 0 Å². The van der Waals surface area contributed by atoms with E-state index in [-0.39, 0.29) is 0 Å². The lowest BCUT2D eigenvalue weighted by molar-refractivity contribution is 0.209. The Bertz CT molecular complexity index is 318. The minimum absolute atomic E-state index is 0.846. The van der Waals surface area contributed by atoms with E-state index in [0.29, 0.717) is 0 Å². The second kappa shape index (κ2) is 5.35. The number of hydrogen-bond donors (Lipinski definition) is 1. The zero-order valence-electron chi connectivity index (χ0n) is 10.4. The highest BCUT2D eigenvalue weighted by Crippen LogP contribution is 2.20. The summed E-state index contributed by atoms with van der Waals surface area (Å²) in [5, 5.41) is 3.16. The van der Waals surface area contributed by atoms with Crippen molar-refractivity contribution in [2.75, 3.05) is 32.5 Å². The molecule has 1 N–H and O–H groups in total. The van der Waals surface area contributed by atoms with Crippen LogP contribution in [0, 0.1) is 5.92 Å². The van der Waals surface area contributed by atoms with Crippen molar-refractivity contribution in [3.63, 3.8) is 0 Å². The molecule has 1 atom stereocenters. The summed E-state index contributed by atoms with van der Waals surface area (Å²) in [7, 11) is 4.20. The van der Waals surface area contributed by atoms with Crippen LogP contribution in [-0.2, 0) is 6.42 Å². The second-order valence-electron chi connectivity index (χ2n) is 4.92. The van der Waals surface area contributed by atoms with Gasteiger partial charge in [0, 0.05) is 19.3 Å². The fourth-order valence-corrected chi connectivity index (χ4v) is 2.58. The molecular formula is C14H22N2. The predicted octanol–water partition coefficient (Wildman–Crippen LogP) is 2.61. The van der Waals surface area contributed by atoms with Crippen LogP contribution in [0.1, 0.15) is 18.4 Å². The fraction of sp³-hybridized carbons (Fsp3) is 0.571. The van der Waals surface area contributed by atoms with Crippen LogP contribution >= 0.6 is 0 Å². The Labute approximate surface area is 98.7 Å². The molecule has 1 unspecified atom stereocenters. The molecule has 1 aliphatic heterocycles. The molecule has 2 rings (SSSR count). The van der Waals surface area contributed by atoms with Gasteiger partial charge in [-0.3, -0.25) is 0 Å². The lowest BCUT2D eigenvalue weighted by atomic mass is 9.91. The van der Waals surface area contributed by atoms with Gasteiger partial charge in [-0.2, -0.15) is 0 Å². The van der Waals surface area contributed by atoms with E-state index in [1.54, 1.807) is 0 Å².